The average Bonchev–Trinajstić information content (AvgIpc) is 2.06. The molecule has 1 rings (SSSR count). The van der Waals surface area contributed by atoms with Gasteiger partial charge in [-0.3, -0.25) is 0 Å². The van der Waals surface area contributed by atoms with E-state index in [-0.39, 0.29) is 15.4 Å². The Morgan fingerprint density at radius 2 is 2.07 bits per heavy atom. The molecule has 78 valence electrons. The highest BCUT2D eigenvalue weighted by Gasteiger charge is 2.27. The molecule has 1 aromatic rings. The molecule has 0 unspecified atom stereocenters. The van der Waals surface area contributed by atoms with Crippen LogP contribution in [0.1, 0.15) is 0 Å². The lowest BCUT2D eigenvalue weighted by atomic mass is 10.5. The standard InChI is InChI=1S/C6H4BrClF3N3/c7-3-4(8)13-2-14-5(3)12-1-6(9,10)11/h2H,1H2,(H,12,13,14). The number of nitrogens with zero attached hydrogens (tertiary/aromatic N) is 2. The molecule has 0 aromatic carbocycles. The van der Waals surface area contributed by atoms with Crippen molar-refractivity contribution in [3.05, 3.63) is 16.0 Å². The molecule has 3 nitrogen and oxygen atoms in total. The van der Waals surface area contributed by atoms with Gasteiger partial charge in [-0.05, 0) is 15.9 Å². The number of rotatable bonds is 2. The molecule has 8 heteroatoms. The minimum Gasteiger partial charge on any atom is -0.360 e. The first-order valence-corrected chi connectivity index (χ1v) is 4.54. The third-order valence-corrected chi connectivity index (χ3v) is 2.47. The van der Waals surface area contributed by atoms with Gasteiger partial charge in [0.25, 0.3) is 0 Å². The lowest BCUT2D eigenvalue weighted by Gasteiger charge is -2.09. The summed E-state index contributed by atoms with van der Waals surface area (Å²) in [5, 5.41) is 2.15. The topological polar surface area (TPSA) is 37.8 Å². The highest BCUT2D eigenvalue weighted by Crippen LogP contribution is 2.26. The first-order chi connectivity index (χ1) is 6.40. The number of aromatic nitrogens is 2. The van der Waals surface area contributed by atoms with E-state index in [0.717, 1.165) is 6.33 Å². The van der Waals surface area contributed by atoms with Crippen molar-refractivity contribution in [2.45, 2.75) is 6.18 Å². The van der Waals surface area contributed by atoms with Gasteiger partial charge in [0.2, 0.25) is 0 Å². The van der Waals surface area contributed by atoms with Crippen LogP contribution in [0.5, 0.6) is 0 Å². The maximum absolute atomic E-state index is 11.8. The number of nitrogens with one attached hydrogen (secondary N) is 1. The predicted octanol–water partition coefficient (Wildman–Crippen LogP) is 2.87. The summed E-state index contributed by atoms with van der Waals surface area (Å²) in [6.07, 6.45) is -3.22. The van der Waals surface area contributed by atoms with E-state index < -0.39 is 12.7 Å². The van der Waals surface area contributed by atoms with E-state index in [0.29, 0.717) is 0 Å². The number of hydrogen-bond donors (Lipinski definition) is 1. The molecular weight excluding hydrogens is 286 g/mol. The first kappa shape index (κ1) is 11.5. The van der Waals surface area contributed by atoms with Gasteiger partial charge in [0, 0.05) is 0 Å². The van der Waals surface area contributed by atoms with E-state index in [4.69, 9.17) is 11.6 Å². The lowest BCUT2D eigenvalue weighted by Crippen LogP contribution is -2.22. The third kappa shape index (κ3) is 3.30. The van der Waals surface area contributed by atoms with Gasteiger partial charge in [0.15, 0.2) is 0 Å². The zero-order valence-corrected chi connectivity index (χ0v) is 8.91. The summed E-state index contributed by atoms with van der Waals surface area (Å²) in [7, 11) is 0. The number of alkyl halides is 3. The number of halogens is 5. The van der Waals surface area contributed by atoms with Crippen molar-refractivity contribution in [2.75, 3.05) is 11.9 Å². The van der Waals surface area contributed by atoms with E-state index in [1.54, 1.807) is 0 Å². The fraction of sp³-hybridized carbons (Fsp3) is 0.333. The SMILES string of the molecule is FC(F)(F)CNc1ncnc(Cl)c1Br. The number of anilines is 1. The average molecular weight is 290 g/mol. The van der Waals surface area contributed by atoms with E-state index in [1.807, 2.05) is 0 Å². The fourth-order valence-corrected chi connectivity index (χ4v) is 1.13. The van der Waals surface area contributed by atoms with E-state index in [9.17, 15) is 13.2 Å². The fourth-order valence-electron chi connectivity index (χ4n) is 0.656. The molecule has 1 aromatic heterocycles. The lowest BCUT2D eigenvalue weighted by molar-refractivity contribution is -0.115. The molecule has 0 saturated carbocycles. The summed E-state index contributed by atoms with van der Waals surface area (Å²) in [5.41, 5.74) is 0. The molecule has 0 fully saturated rings. The zero-order chi connectivity index (χ0) is 10.8. The van der Waals surface area contributed by atoms with Crippen LogP contribution in [0.2, 0.25) is 5.15 Å². The summed E-state index contributed by atoms with van der Waals surface area (Å²) in [5.74, 6) is 0.0160. The van der Waals surface area contributed by atoms with Crippen LogP contribution in [0.25, 0.3) is 0 Å². The molecule has 14 heavy (non-hydrogen) atoms. The minimum absolute atomic E-state index is 0.0160. The first-order valence-electron chi connectivity index (χ1n) is 3.37. The van der Waals surface area contributed by atoms with Crippen molar-refractivity contribution in [2.24, 2.45) is 0 Å². The Labute approximate surface area is 90.8 Å². The van der Waals surface area contributed by atoms with Crippen LogP contribution in [0.3, 0.4) is 0 Å². The van der Waals surface area contributed by atoms with Gasteiger partial charge in [0.1, 0.15) is 23.8 Å². The molecule has 0 radical (unpaired) electrons. The molecule has 0 aliphatic carbocycles. The van der Waals surface area contributed by atoms with Gasteiger partial charge < -0.3 is 5.32 Å². The van der Waals surface area contributed by atoms with Crippen molar-refractivity contribution >= 4 is 33.3 Å². The summed E-state index contributed by atoms with van der Waals surface area (Å²) in [6.45, 7) is -1.17. The van der Waals surface area contributed by atoms with Crippen molar-refractivity contribution in [3.63, 3.8) is 0 Å². The monoisotopic (exact) mass is 289 g/mol. The van der Waals surface area contributed by atoms with Crippen LogP contribution >= 0.6 is 27.5 Å². The van der Waals surface area contributed by atoms with Gasteiger partial charge >= 0.3 is 6.18 Å². The second-order valence-electron chi connectivity index (χ2n) is 2.30. The van der Waals surface area contributed by atoms with Crippen molar-refractivity contribution in [1.82, 2.24) is 9.97 Å². The van der Waals surface area contributed by atoms with Crippen LogP contribution in [0.15, 0.2) is 10.8 Å². The third-order valence-electron chi connectivity index (χ3n) is 1.20. The second kappa shape index (κ2) is 4.31. The largest absolute Gasteiger partial charge is 0.405 e. The second-order valence-corrected chi connectivity index (χ2v) is 3.45. The van der Waals surface area contributed by atoms with E-state index in [1.165, 1.54) is 0 Å². The Balaban J connectivity index is 2.73. The molecule has 0 aliphatic rings. The Morgan fingerprint density at radius 3 is 2.64 bits per heavy atom. The van der Waals surface area contributed by atoms with Gasteiger partial charge in [-0.2, -0.15) is 13.2 Å². The normalized spacial score (nSPS) is 11.5. The molecule has 0 bridgehead atoms. The van der Waals surface area contributed by atoms with Crippen LogP contribution < -0.4 is 5.32 Å². The van der Waals surface area contributed by atoms with Crippen LogP contribution in [0.4, 0.5) is 19.0 Å². The summed E-state index contributed by atoms with van der Waals surface area (Å²) in [4.78, 5) is 7.16. The van der Waals surface area contributed by atoms with Crippen molar-refractivity contribution in [1.29, 1.82) is 0 Å². The highest BCUT2D eigenvalue weighted by atomic mass is 79.9. The van der Waals surface area contributed by atoms with Gasteiger partial charge in [-0.15, -0.1) is 0 Å². The van der Waals surface area contributed by atoms with Crippen molar-refractivity contribution < 1.29 is 13.2 Å². The Bertz CT molecular complexity index is 331. The van der Waals surface area contributed by atoms with E-state index in [2.05, 4.69) is 31.2 Å². The quantitative estimate of drug-likeness (QED) is 0.851. The number of hydrogen-bond acceptors (Lipinski definition) is 3. The van der Waals surface area contributed by atoms with Gasteiger partial charge in [-0.25, -0.2) is 9.97 Å². The predicted molar refractivity (Wildman–Crippen MR) is 49.3 cm³/mol. The van der Waals surface area contributed by atoms with Gasteiger partial charge in [-0.1, -0.05) is 11.6 Å². The van der Waals surface area contributed by atoms with Crippen molar-refractivity contribution in [3.8, 4) is 0 Å². The maximum Gasteiger partial charge on any atom is 0.405 e. The Hall–Kier alpha value is -0.560. The smallest absolute Gasteiger partial charge is 0.360 e. The van der Waals surface area contributed by atoms with Crippen LogP contribution in [0, 0.1) is 0 Å². The minimum atomic E-state index is -4.29. The maximum atomic E-state index is 11.8. The Morgan fingerprint density at radius 1 is 1.43 bits per heavy atom. The Kier molecular flexibility index (Phi) is 3.54. The molecule has 1 heterocycles. The molecule has 0 aliphatic heterocycles. The molecule has 0 amide bonds. The highest BCUT2D eigenvalue weighted by molar-refractivity contribution is 9.10. The van der Waals surface area contributed by atoms with Crippen LogP contribution in [-0.2, 0) is 0 Å². The van der Waals surface area contributed by atoms with Gasteiger partial charge in [0.05, 0.1) is 4.47 Å². The molecule has 0 atom stereocenters. The zero-order valence-electron chi connectivity index (χ0n) is 6.57. The van der Waals surface area contributed by atoms with Crippen LogP contribution in [-0.4, -0.2) is 22.7 Å². The molecule has 1 N–H and O–H groups in total. The summed E-state index contributed by atoms with van der Waals surface area (Å²) in [6, 6.07) is 0. The van der Waals surface area contributed by atoms with E-state index >= 15 is 0 Å². The summed E-state index contributed by atoms with van der Waals surface area (Å²) < 4.78 is 35.7. The molecular formula is C6H4BrClF3N3. The molecule has 0 saturated heterocycles. The summed E-state index contributed by atoms with van der Waals surface area (Å²) >= 11 is 8.51. The molecule has 0 spiro atoms.